The molecule has 6 heteroatoms. The highest BCUT2D eigenvalue weighted by atomic mass is 32.1. The molecule has 1 fully saturated rings. The average molecular weight is 296 g/mol. The molecule has 5 nitrogen and oxygen atoms in total. The Morgan fingerprint density at radius 1 is 1.65 bits per heavy atom. The number of aryl methyl sites for hydroxylation is 1. The summed E-state index contributed by atoms with van der Waals surface area (Å²) in [6.07, 6.45) is 3.09. The fourth-order valence-corrected chi connectivity index (χ4v) is 3.14. The van der Waals surface area contributed by atoms with Gasteiger partial charge in [0.05, 0.1) is 13.2 Å². The van der Waals surface area contributed by atoms with E-state index in [1.54, 1.807) is 11.3 Å². The third-order valence-electron chi connectivity index (χ3n) is 3.42. The van der Waals surface area contributed by atoms with Gasteiger partial charge in [0.1, 0.15) is 5.01 Å². The highest BCUT2D eigenvalue weighted by molar-refractivity contribution is 7.11. The Kier molecular flexibility index (Phi) is 5.79. The van der Waals surface area contributed by atoms with Crippen molar-refractivity contribution in [2.75, 3.05) is 33.4 Å². The van der Waals surface area contributed by atoms with Crippen LogP contribution in [0.4, 0.5) is 0 Å². The minimum absolute atomic E-state index is 0.621. The molecule has 1 aromatic heterocycles. The van der Waals surface area contributed by atoms with Crippen LogP contribution in [0.5, 0.6) is 0 Å². The number of nitrogens with zero attached hydrogens (tertiary/aromatic N) is 3. The molecule has 0 aromatic carbocycles. The number of hydrogen-bond acceptors (Lipinski definition) is 4. The van der Waals surface area contributed by atoms with E-state index in [-0.39, 0.29) is 0 Å². The van der Waals surface area contributed by atoms with Crippen molar-refractivity contribution in [3.05, 3.63) is 16.1 Å². The lowest BCUT2D eigenvalue weighted by Crippen LogP contribution is -2.39. The van der Waals surface area contributed by atoms with E-state index in [1.807, 2.05) is 20.2 Å². The smallest absolute Gasteiger partial charge is 0.194 e. The molecule has 2 heterocycles. The largest absolute Gasteiger partial charge is 0.381 e. The predicted molar refractivity (Wildman–Crippen MR) is 83.2 cm³/mol. The normalized spacial score (nSPS) is 19.6. The van der Waals surface area contributed by atoms with Gasteiger partial charge in [-0.25, -0.2) is 4.98 Å². The van der Waals surface area contributed by atoms with Gasteiger partial charge in [0.25, 0.3) is 0 Å². The highest BCUT2D eigenvalue weighted by Gasteiger charge is 2.24. The summed E-state index contributed by atoms with van der Waals surface area (Å²) in [6.45, 7) is 8.60. The molecule has 0 radical (unpaired) electrons. The highest BCUT2D eigenvalue weighted by Crippen LogP contribution is 2.17. The van der Waals surface area contributed by atoms with Crippen LogP contribution in [0.1, 0.15) is 23.2 Å². The van der Waals surface area contributed by atoms with Crippen LogP contribution < -0.4 is 5.32 Å². The fraction of sp³-hybridized carbons (Fsp3) is 0.714. The minimum Gasteiger partial charge on any atom is -0.381 e. The number of rotatable bonds is 5. The molecule has 2 rings (SSSR count). The van der Waals surface area contributed by atoms with Crippen molar-refractivity contribution < 1.29 is 4.74 Å². The summed E-state index contributed by atoms with van der Waals surface area (Å²) in [4.78, 5) is 12.3. The maximum atomic E-state index is 5.52. The first-order valence-electron chi connectivity index (χ1n) is 7.17. The van der Waals surface area contributed by atoms with E-state index in [1.165, 1.54) is 11.3 Å². The number of thiazole rings is 1. The van der Waals surface area contributed by atoms with Crippen molar-refractivity contribution in [1.82, 2.24) is 15.2 Å². The van der Waals surface area contributed by atoms with Crippen molar-refractivity contribution in [2.45, 2.75) is 26.8 Å². The number of hydrogen-bond donors (Lipinski definition) is 1. The predicted octanol–water partition coefficient (Wildman–Crippen LogP) is 1.89. The third-order valence-corrected chi connectivity index (χ3v) is 4.33. The van der Waals surface area contributed by atoms with Crippen LogP contribution in [0.2, 0.25) is 0 Å². The molecule has 20 heavy (non-hydrogen) atoms. The molecule has 0 saturated carbocycles. The number of likely N-dealkylation sites (tertiary alicyclic amines) is 1. The molecule has 0 amide bonds. The Bertz CT molecular complexity index is 446. The second kappa shape index (κ2) is 7.59. The van der Waals surface area contributed by atoms with Gasteiger partial charge in [-0.2, -0.15) is 0 Å². The van der Waals surface area contributed by atoms with E-state index in [0.717, 1.165) is 43.8 Å². The number of aliphatic imine (C=N–C) groups is 1. The molecule has 1 aliphatic heterocycles. The van der Waals surface area contributed by atoms with Gasteiger partial charge >= 0.3 is 0 Å². The first-order valence-corrected chi connectivity index (χ1v) is 7.99. The number of nitrogens with one attached hydrogen (secondary N) is 1. The summed E-state index contributed by atoms with van der Waals surface area (Å²) in [5.74, 6) is 1.59. The monoisotopic (exact) mass is 296 g/mol. The Hall–Kier alpha value is -1.14. The Balaban J connectivity index is 1.80. The maximum Gasteiger partial charge on any atom is 0.194 e. The molecule has 1 unspecified atom stereocenters. The van der Waals surface area contributed by atoms with Crippen LogP contribution in [0.3, 0.4) is 0 Å². The van der Waals surface area contributed by atoms with Gasteiger partial charge in [0.2, 0.25) is 0 Å². The van der Waals surface area contributed by atoms with Gasteiger partial charge in [-0.1, -0.05) is 0 Å². The molecule has 0 aliphatic carbocycles. The molecule has 1 aromatic rings. The van der Waals surface area contributed by atoms with E-state index in [9.17, 15) is 0 Å². The van der Waals surface area contributed by atoms with Gasteiger partial charge in [-0.3, -0.25) is 4.99 Å². The SMILES string of the molecule is CCOCC1CCN(C(=NC)NCc2ncc(C)s2)C1. The van der Waals surface area contributed by atoms with Crippen molar-refractivity contribution in [1.29, 1.82) is 0 Å². The minimum atomic E-state index is 0.621. The van der Waals surface area contributed by atoms with E-state index in [0.29, 0.717) is 5.92 Å². The van der Waals surface area contributed by atoms with Crippen LogP contribution in [-0.2, 0) is 11.3 Å². The topological polar surface area (TPSA) is 49.8 Å². The van der Waals surface area contributed by atoms with Crippen LogP contribution in [-0.4, -0.2) is 49.2 Å². The average Bonchev–Trinajstić information content (AvgIpc) is 3.07. The van der Waals surface area contributed by atoms with Gasteiger partial charge in [0, 0.05) is 43.7 Å². The molecule has 0 bridgehead atoms. The number of ether oxygens (including phenoxy) is 1. The lowest BCUT2D eigenvalue weighted by molar-refractivity contribution is 0.114. The van der Waals surface area contributed by atoms with Gasteiger partial charge in [-0.15, -0.1) is 11.3 Å². The third kappa shape index (κ3) is 4.18. The fourth-order valence-electron chi connectivity index (χ4n) is 2.42. The number of aromatic nitrogens is 1. The van der Waals surface area contributed by atoms with E-state index in [2.05, 4.69) is 27.1 Å². The van der Waals surface area contributed by atoms with Crippen LogP contribution in [0.25, 0.3) is 0 Å². The molecular formula is C14H24N4OS. The molecule has 1 saturated heterocycles. The maximum absolute atomic E-state index is 5.52. The Morgan fingerprint density at radius 3 is 3.15 bits per heavy atom. The standard InChI is InChI=1S/C14H24N4OS/c1-4-19-10-12-5-6-18(9-12)14(15-3)17-8-13-16-7-11(2)20-13/h7,12H,4-6,8-10H2,1-3H3,(H,15,17). The quantitative estimate of drug-likeness (QED) is 0.666. The second-order valence-electron chi connectivity index (χ2n) is 5.03. The van der Waals surface area contributed by atoms with Crippen molar-refractivity contribution in [3.63, 3.8) is 0 Å². The first-order chi connectivity index (χ1) is 9.72. The van der Waals surface area contributed by atoms with Crippen molar-refractivity contribution in [3.8, 4) is 0 Å². The van der Waals surface area contributed by atoms with E-state index >= 15 is 0 Å². The zero-order valence-corrected chi connectivity index (χ0v) is 13.4. The molecule has 112 valence electrons. The summed E-state index contributed by atoms with van der Waals surface area (Å²) in [5, 5.41) is 4.51. The van der Waals surface area contributed by atoms with Gasteiger partial charge in [0.15, 0.2) is 5.96 Å². The van der Waals surface area contributed by atoms with E-state index in [4.69, 9.17) is 4.74 Å². The molecule has 0 spiro atoms. The lowest BCUT2D eigenvalue weighted by atomic mass is 10.1. The summed E-state index contributed by atoms with van der Waals surface area (Å²) in [6, 6.07) is 0. The number of guanidine groups is 1. The molecule has 1 aliphatic rings. The molecular weight excluding hydrogens is 272 g/mol. The zero-order valence-electron chi connectivity index (χ0n) is 12.6. The van der Waals surface area contributed by atoms with Crippen LogP contribution in [0, 0.1) is 12.8 Å². The van der Waals surface area contributed by atoms with Crippen molar-refractivity contribution >= 4 is 17.3 Å². The lowest BCUT2D eigenvalue weighted by Gasteiger charge is -2.21. The summed E-state index contributed by atoms with van der Waals surface area (Å²) >= 11 is 1.73. The van der Waals surface area contributed by atoms with Gasteiger partial charge in [-0.05, 0) is 20.3 Å². The van der Waals surface area contributed by atoms with Crippen LogP contribution >= 0.6 is 11.3 Å². The van der Waals surface area contributed by atoms with E-state index < -0.39 is 0 Å². The van der Waals surface area contributed by atoms with Gasteiger partial charge < -0.3 is 15.0 Å². The zero-order chi connectivity index (χ0) is 14.4. The Labute approximate surface area is 125 Å². The summed E-state index contributed by atoms with van der Waals surface area (Å²) in [5.41, 5.74) is 0. The molecule has 1 atom stereocenters. The summed E-state index contributed by atoms with van der Waals surface area (Å²) < 4.78 is 5.52. The van der Waals surface area contributed by atoms with Crippen molar-refractivity contribution in [2.24, 2.45) is 10.9 Å². The second-order valence-corrected chi connectivity index (χ2v) is 6.34. The first kappa shape index (κ1) is 15.3. The summed E-state index contributed by atoms with van der Waals surface area (Å²) in [7, 11) is 1.84. The Morgan fingerprint density at radius 2 is 2.50 bits per heavy atom. The molecule has 1 N–H and O–H groups in total. The van der Waals surface area contributed by atoms with Crippen LogP contribution in [0.15, 0.2) is 11.2 Å².